The Morgan fingerprint density at radius 3 is 1.73 bits per heavy atom. The largest absolute Gasteiger partial charge is 0.416 e. The van der Waals surface area contributed by atoms with E-state index in [-0.39, 0.29) is 5.41 Å². The molecule has 0 amide bonds. The number of anilines is 1. The summed E-state index contributed by atoms with van der Waals surface area (Å²) in [5.41, 5.74) is 1.34. The highest BCUT2D eigenvalue weighted by Gasteiger charge is 2.29. The van der Waals surface area contributed by atoms with Gasteiger partial charge in [-0.25, -0.2) is 0 Å². The first-order chi connectivity index (χ1) is 10.2. The van der Waals surface area contributed by atoms with Crippen LogP contribution in [0, 0.1) is 0 Å². The molecule has 2 rings (SSSR count). The SMILES string of the molecule is CC(C)(C)c1ccc(SNc2ccc(C(F)(F)F)cc2)cc1. The van der Waals surface area contributed by atoms with Crippen LogP contribution < -0.4 is 4.72 Å². The molecule has 0 aromatic heterocycles. The Labute approximate surface area is 133 Å². The average Bonchev–Trinajstić information content (AvgIpc) is 2.44. The third kappa shape index (κ3) is 4.44. The van der Waals surface area contributed by atoms with Gasteiger partial charge in [0.05, 0.1) is 5.56 Å². The molecule has 0 aliphatic rings. The second-order valence-electron chi connectivity index (χ2n) is 6.05. The first kappa shape index (κ1) is 16.7. The molecule has 1 nitrogen and oxygen atoms in total. The lowest BCUT2D eigenvalue weighted by molar-refractivity contribution is -0.137. The Balaban J connectivity index is 1.98. The van der Waals surface area contributed by atoms with Crippen molar-refractivity contribution < 1.29 is 13.2 Å². The first-order valence-corrected chi connectivity index (χ1v) is 7.68. The predicted molar refractivity (Wildman–Crippen MR) is 86.1 cm³/mol. The lowest BCUT2D eigenvalue weighted by Gasteiger charge is -2.19. The minimum Gasteiger partial charge on any atom is -0.326 e. The topological polar surface area (TPSA) is 12.0 Å². The summed E-state index contributed by atoms with van der Waals surface area (Å²) in [6.45, 7) is 6.45. The van der Waals surface area contributed by atoms with Gasteiger partial charge in [-0.05, 0) is 59.3 Å². The molecule has 0 saturated carbocycles. The van der Waals surface area contributed by atoms with E-state index in [0.29, 0.717) is 5.69 Å². The summed E-state index contributed by atoms with van der Waals surface area (Å²) in [6, 6.07) is 13.1. The molecule has 1 N–H and O–H groups in total. The number of nitrogens with one attached hydrogen (secondary N) is 1. The molecule has 0 atom stereocenters. The summed E-state index contributed by atoms with van der Waals surface area (Å²) in [5, 5.41) is 0. The van der Waals surface area contributed by atoms with Crippen LogP contribution in [0.3, 0.4) is 0 Å². The Morgan fingerprint density at radius 2 is 1.27 bits per heavy atom. The summed E-state index contributed by atoms with van der Waals surface area (Å²) in [5.74, 6) is 0. The van der Waals surface area contributed by atoms with Gasteiger partial charge in [-0.2, -0.15) is 13.2 Å². The quantitative estimate of drug-likeness (QED) is 0.682. The summed E-state index contributed by atoms with van der Waals surface area (Å²) in [6.07, 6.45) is -4.30. The fourth-order valence-electron chi connectivity index (χ4n) is 1.87. The molecular weight excluding hydrogens is 307 g/mol. The smallest absolute Gasteiger partial charge is 0.326 e. The molecule has 2 aromatic rings. The molecule has 0 radical (unpaired) electrons. The molecule has 0 aliphatic heterocycles. The summed E-state index contributed by atoms with van der Waals surface area (Å²) in [4.78, 5) is 1.01. The van der Waals surface area contributed by atoms with Crippen molar-refractivity contribution in [3.05, 3.63) is 59.7 Å². The van der Waals surface area contributed by atoms with Crippen LogP contribution >= 0.6 is 11.9 Å². The summed E-state index contributed by atoms with van der Waals surface area (Å²) < 4.78 is 40.5. The van der Waals surface area contributed by atoms with Gasteiger partial charge in [0.1, 0.15) is 0 Å². The van der Waals surface area contributed by atoms with E-state index in [4.69, 9.17) is 0 Å². The zero-order valence-corrected chi connectivity index (χ0v) is 13.5. The molecular formula is C17H18F3NS. The molecule has 5 heteroatoms. The number of benzene rings is 2. The number of alkyl halides is 3. The molecule has 118 valence electrons. The van der Waals surface area contributed by atoms with E-state index in [1.807, 2.05) is 12.1 Å². The van der Waals surface area contributed by atoms with E-state index in [2.05, 4.69) is 37.6 Å². The van der Waals surface area contributed by atoms with Crippen LogP contribution in [-0.4, -0.2) is 0 Å². The number of hydrogen-bond donors (Lipinski definition) is 1. The van der Waals surface area contributed by atoms with Gasteiger partial charge in [0, 0.05) is 10.6 Å². The molecule has 22 heavy (non-hydrogen) atoms. The summed E-state index contributed by atoms with van der Waals surface area (Å²) >= 11 is 1.37. The Bertz CT molecular complexity index is 553. The third-order valence-electron chi connectivity index (χ3n) is 3.22. The van der Waals surface area contributed by atoms with Crippen LogP contribution in [-0.2, 0) is 11.6 Å². The van der Waals surface area contributed by atoms with Gasteiger partial charge >= 0.3 is 6.18 Å². The van der Waals surface area contributed by atoms with Crippen LogP contribution in [0.1, 0.15) is 31.9 Å². The van der Waals surface area contributed by atoms with Crippen molar-refractivity contribution in [2.24, 2.45) is 0 Å². The molecule has 0 unspecified atom stereocenters. The lowest BCUT2D eigenvalue weighted by Crippen LogP contribution is -2.10. The van der Waals surface area contributed by atoms with Gasteiger partial charge in [0.15, 0.2) is 0 Å². The van der Waals surface area contributed by atoms with E-state index in [1.54, 1.807) is 0 Å². The maximum atomic E-state index is 12.5. The fraction of sp³-hybridized carbons (Fsp3) is 0.294. The maximum Gasteiger partial charge on any atom is 0.416 e. The molecule has 0 fully saturated rings. The minimum absolute atomic E-state index is 0.101. The van der Waals surface area contributed by atoms with Crippen LogP contribution in [0.5, 0.6) is 0 Å². The Morgan fingerprint density at radius 1 is 0.773 bits per heavy atom. The van der Waals surface area contributed by atoms with E-state index >= 15 is 0 Å². The van der Waals surface area contributed by atoms with E-state index < -0.39 is 11.7 Å². The van der Waals surface area contributed by atoms with Crippen molar-refractivity contribution >= 4 is 17.6 Å². The highest BCUT2D eigenvalue weighted by atomic mass is 32.2. The van der Waals surface area contributed by atoms with Gasteiger partial charge in [0.25, 0.3) is 0 Å². The van der Waals surface area contributed by atoms with Crippen LogP contribution in [0.15, 0.2) is 53.4 Å². The van der Waals surface area contributed by atoms with Gasteiger partial charge in [-0.3, -0.25) is 0 Å². The monoisotopic (exact) mass is 325 g/mol. The van der Waals surface area contributed by atoms with Gasteiger partial charge in [-0.1, -0.05) is 32.9 Å². The van der Waals surface area contributed by atoms with Crippen molar-refractivity contribution in [2.75, 3.05) is 4.72 Å². The van der Waals surface area contributed by atoms with E-state index in [1.165, 1.54) is 29.6 Å². The number of halogens is 3. The second kappa shape index (κ2) is 6.24. The summed E-state index contributed by atoms with van der Waals surface area (Å²) in [7, 11) is 0. The molecule has 0 spiro atoms. The Hall–Kier alpha value is -1.62. The molecule has 0 aliphatic carbocycles. The highest BCUT2D eigenvalue weighted by molar-refractivity contribution is 8.00. The fourth-order valence-corrected chi connectivity index (χ4v) is 2.51. The van der Waals surface area contributed by atoms with E-state index in [9.17, 15) is 13.2 Å². The van der Waals surface area contributed by atoms with Gasteiger partial charge < -0.3 is 4.72 Å². The first-order valence-electron chi connectivity index (χ1n) is 6.87. The molecule has 0 heterocycles. The van der Waals surface area contributed by atoms with Gasteiger partial charge in [-0.15, -0.1) is 0 Å². The van der Waals surface area contributed by atoms with E-state index in [0.717, 1.165) is 17.0 Å². The normalized spacial score (nSPS) is 12.3. The molecule has 2 aromatic carbocycles. The standard InChI is InChI=1S/C17H18F3NS/c1-16(2,3)12-6-10-15(11-7-12)22-21-14-8-4-13(5-9-14)17(18,19)20/h4-11,21H,1-3H3. The van der Waals surface area contributed by atoms with Crippen LogP contribution in [0.2, 0.25) is 0 Å². The third-order valence-corrected chi connectivity index (χ3v) is 4.06. The predicted octanol–water partition coefficient (Wildman–Crippen LogP) is 6.12. The van der Waals surface area contributed by atoms with Crippen LogP contribution in [0.4, 0.5) is 18.9 Å². The average molecular weight is 325 g/mol. The Kier molecular flexibility index (Phi) is 4.75. The highest BCUT2D eigenvalue weighted by Crippen LogP contribution is 2.31. The lowest BCUT2D eigenvalue weighted by atomic mass is 9.87. The zero-order chi connectivity index (χ0) is 16.4. The van der Waals surface area contributed by atoms with Gasteiger partial charge in [0.2, 0.25) is 0 Å². The van der Waals surface area contributed by atoms with Crippen molar-refractivity contribution in [3.8, 4) is 0 Å². The number of hydrogen-bond acceptors (Lipinski definition) is 2. The number of rotatable bonds is 3. The van der Waals surface area contributed by atoms with Crippen molar-refractivity contribution in [1.29, 1.82) is 0 Å². The maximum absolute atomic E-state index is 12.5. The molecule has 0 bridgehead atoms. The van der Waals surface area contributed by atoms with Crippen molar-refractivity contribution in [1.82, 2.24) is 0 Å². The minimum atomic E-state index is -4.30. The van der Waals surface area contributed by atoms with Crippen molar-refractivity contribution in [2.45, 2.75) is 37.3 Å². The zero-order valence-electron chi connectivity index (χ0n) is 12.7. The second-order valence-corrected chi connectivity index (χ2v) is 6.93. The van der Waals surface area contributed by atoms with Crippen molar-refractivity contribution in [3.63, 3.8) is 0 Å². The van der Waals surface area contributed by atoms with Crippen LogP contribution in [0.25, 0.3) is 0 Å². The molecule has 0 saturated heterocycles.